The smallest absolute Gasteiger partial charge is 0.144 e. The molecule has 1 N–H and O–H groups in total. The molecular formula is C14H20N4O. The Morgan fingerprint density at radius 2 is 2.53 bits per heavy atom. The number of morpholine rings is 1. The number of nitrogens with one attached hydrogen (secondary N) is 1. The molecule has 0 radical (unpaired) electrons. The van der Waals surface area contributed by atoms with Gasteiger partial charge in [-0.1, -0.05) is 13.0 Å². The highest BCUT2D eigenvalue weighted by molar-refractivity contribution is 5.30. The van der Waals surface area contributed by atoms with E-state index in [4.69, 9.17) is 10.00 Å². The summed E-state index contributed by atoms with van der Waals surface area (Å²) in [7, 11) is 0. The van der Waals surface area contributed by atoms with Crippen LogP contribution in [0.15, 0.2) is 18.3 Å². The third-order valence-electron chi connectivity index (χ3n) is 3.35. The lowest BCUT2D eigenvalue weighted by molar-refractivity contribution is -0.0253. The van der Waals surface area contributed by atoms with Crippen molar-refractivity contribution in [3.8, 4) is 6.07 Å². The summed E-state index contributed by atoms with van der Waals surface area (Å²) in [5.41, 5.74) is 1.43. The van der Waals surface area contributed by atoms with Gasteiger partial charge in [-0.2, -0.15) is 5.26 Å². The minimum Gasteiger partial charge on any atom is -0.374 e. The van der Waals surface area contributed by atoms with Gasteiger partial charge in [-0.05, 0) is 12.6 Å². The van der Waals surface area contributed by atoms with Gasteiger partial charge in [0, 0.05) is 37.9 Å². The highest BCUT2D eigenvalue weighted by atomic mass is 16.5. The fraction of sp³-hybridized carbons (Fsp3) is 0.571. The third-order valence-corrected chi connectivity index (χ3v) is 3.35. The van der Waals surface area contributed by atoms with E-state index in [0.29, 0.717) is 12.2 Å². The maximum atomic E-state index is 8.96. The molecule has 1 aliphatic heterocycles. The van der Waals surface area contributed by atoms with Gasteiger partial charge in [0.2, 0.25) is 0 Å². The van der Waals surface area contributed by atoms with Crippen molar-refractivity contribution in [1.29, 1.82) is 5.26 Å². The minimum absolute atomic E-state index is 0.232. The van der Waals surface area contributed by atoms with E-state index in [9.17, 15) is 0 Å². The predicted octanol–water partition coefficient (Wildman–Crippen LogP) is 0.764. The number of pyridine rings is 1. The molecule has 0 bridgehead atoms. The molecule has 1 fully saturated rings. The zero-order valence-electron chi connectivity index (χ0n) is 11.3. The van der Waals surface area contributed by atoms with Crippen LogP contribution < -0.4 is 5.32 Å². The zero-order valence-corrected chi connectivity index (χ0v) is 11.3. The van der Waals surface area contributed by atoms with Crippen LogP contribution in [0.1, 0.15) is 18.2 Å². The molecule has 1 aromatic rings. The molecule has 1 aliphatic rings. The predicted molar refractivity (Wildman–Crippen MR) is 72.5 cm³/mol. The van der Waals surface area contributed by atoms with Crippen LogP contribution in [0.2, 0.25) is 0 Å². The Morgan fingerprint density at radius 1 is 1.63 bits per heavy atom. The summed E-state index contributed by atoms with van der Waals surface area (Å²) in [4.78, 5) is 6.44. The first-order valence-corrected chi connectivity index (χ1v) is 6.72. The molecule has 19 heavy (non-hydrogen) atoms. The van der Waals surface area contributed by atoms with Crippen molar-refractivity contribution in [3.63, 3.8) is 0 Å². The van der Waals surface area contributed by atoms with Crippen molar-refractivity contribution in [1.82, 2.24) is 15.2 Å². The van der Waals surface area contributed by atoms with Crippen molar-refractivity contribution >= 4 is 0 Å². The number of nitriles is 1. The second-order valence-corrected chi connectivity index (χ2v) is 4.64. The topological polar surface area (TPSA) is 61.2 Å². The molecule has 1 saturated heterocycles. The molecule has 2 rings (SSSR count). The summed E-state index contributed by atoms with van der Waals surface area (Å²) in [6.07, 6.45) is 1.88. The van der Waals surface area contributed by atoms with E-state index in [1.807, 2.05) is 12.1 Å². The molecule has 1 aromatic heterocycles. The molecule has 0 aliphatic carbocycles. The van der Waals surface area contributed by atoms with Gasteiger partial charge in [-0.25, -0.2) is 4.98 Å². The van der Waals surface area contributed by atoms with Crippen molar-refractivity contribution in [2.45, 2.75) is 19.6 Å². The fourth-order valence-corrected chi connectivity index (χ4v) is 2.24. The van der Waals surface area contributed by atoms with Gasteiger partial charge in [0.1, 0.15) is 11.8 Å². The van der Waals surface area contributed by atoms with Crippen LogP contribution in [0.5, 0.6) is 0 Å². The van der Waals surface area contributed by atoms with Gasteiger partial charge in [-0.3, -0.25) is 4.90 Å². The summed E-state index contributed by atoms with van der Waals surface area (Å²) in [5.74, 6) is 0. The van der Waals surface area contributed by atoms with Gasteiger partial charge >= 0.3 is 0 Å². The van der Waals surface area contributed by atoms with E-state index in [1.54, 1.807) is 6.20 Å². The normalized spacial score (nSPS) is 20.1. The summed E-state index contributed by atoms with van der Waals surface area (Å²) >= 11 is 0. The van der Waals surface area contributed by atoms with Gasteiger partial charge < -0.3 is 10.1 Å². The van der Waals surface area contributed by atoms with Gasteiger partial charge in [-0.15, -0.1) is 0 Å². The summed E-state index contributed by atoms with van der Waals surface area (Å²) in [6.45, 7) is 7.50. The van der Waals surface area contributed by atoms with Crippen LogP contribution >= 0.6 is 0 Å². The van der Waals surface area contributed by atoms with Crippen LogP contribution in [0.25, 0.3) is 0 Å². The molecule has 0 spiro atoms. The van der Waals surface area contributed by atoms with Crippen LogP contribution in [-0.4, -0.2) is 48.8 Å². The van der Waals surface area contributed by atoms with E-state index in [-0.39, 0.29) is 6.10 Å². The largest absolute Gasteiger partial charge is 0.374 e. The minimum atomic E-state index is 0.232. The maximum Gasteiger partial charge on any atom is 0.144 e. The average Bonchev–Trinajstić information content (AvgIpc) is 2.48. The van der Waals surface area contributed by atoms with Crippen molar-refractivity contribution < 1.29 is 4.74 Å². The molecule has 5 nitrogen and oxygen atoms in total. The number of hydrogen-bond donors (Lipinski definition) is 1. The summed E-state index contributed by atoms with van der Waals surface area (Å²) in [6, 6.07) is 5.89. The van der Waals surface area contributed by atoms with E-state index in [0.717, 1.165) is 38.3 Å². The SMILES string of the molecule is CCN1CCOC(CNCc2cccnc2C#N)C1. The first-order valence-electron chi connectivity index (χ1n) is 6.72. The Morgan fingerprint density at radius 3 is 3.32 bits per heavy atom. The molecule has 0 saturated carbocycles. The quantitative estimate of drug-likeness (QED) is 0.847. The molecule has 1 atom stereocenters. The Hall–Kier alpha value is -1.48. The zero-order chi connectivity index (χ0) is 13.5. The molecule has 0 aromatic carbocycles. The monoisotopic (exact) mass is 260 g/mol. The number of aromatic nitrogens is 1. The van der Waals surface area contributed by atoms with Gasteiger partial charge in [0.25, 0.3) is 0 Å². The Bertz CT molecular complexity index is 443. The number of ether oxygens (including phenoxy) is 1. The van der Waals surface area contributed by atoms with E-state index >= 15 is 0 Å². The lowest BCUT2D eigenvalue weighted by Gasteiger charge is -2.32. The van der Waals surface area contributed by atoms with Crippen LogP contribution in [0.3, 0.4) is 0 Å². The van der Waals surface area contributed by atoms with Crippen molar-refractivity contribution in [3.05, 3.63) is 29.6 Å². The summed E-state index contributed by atoms with van der Waals surface area (Å²) < 4.78 is 5.72. The Labute approximate surface area is 114 Å². The average molecular weight is 260 g/mol. The number of likely N-dealkylation sites (N-methyl/N-ethyl adjacent to an activating group) is 1. The van der Waals surface area contributed by atoms with Crippen molar-refractivity contribution in [2.75, 3.05) is 32.8 Å². The first kappa shape index (κ1) is 13.9. The van der Waals surface area contributed by atoms with E-state index in [1.165, 1.54) is 0 Å². The first-order chi connectivity index (χ1) is 9.33. The van der Waals surface area contributed by atoms with Crippen LogP contribution in [-0.2, 0) is 11.3 Å². The van der Waals surface area contributed by atoms with Crippen molar-refractivity contribution in [2.24, 2.45) is 0 Å². The van der Waals surface area contributed by atoms with Gasteiger partial charge in [0.05, 0.1) is 12.7 Å². The third kappa shape index (κ3) is 4.00. The maximum absolute atomic E-state index is 8.96. The molecule has 102 valence electrons. The standard InChI is InChI=1S/C14H20N4O/c1-2-18-6-7-19-13(11-18)10-16-9-12-4-3-5-17-14(12)8-15/h3-5,13,16H,2,6-7,9-11H2,1H3. The molecule has 5 heteroatoms. The number of hydrogen-bond acceptors (Lipinski definition) is 5. The lowest BCUT2D eigenvalue weighted by atomic mass is 10.2. The van der Waals surface area contributed by atoms with Crippen LogP contribution in [0, 0.1) is 11.3 Å². The Kier molecular flexibility index (Phi) is 5.28. The van der Waals surface area contributed by atoms with E-state index in [2.05, 4.69) is 28.2 Å². The second kappa shape index (κ2) is 7.19. The van der Waals surface area contributed by atoms with Crippen LogP contribution in [0.4, 0.5) is 0 Å². The lowest BCUT2D eigenvalue weighted by Crippen LogP contribution is -2.46. The Balaban J connectivity index is 1.79. The highest BCUT2D eigenvalue weighted by Crippen LogP contribution is 2.06. The number of rotatable bonds is 5. The molecular weight excluding hydrogens is 240 g/mol. The molecule has 0 amide bonds. The number of nitrogens with zero attached hydrogens (tertiary/aromatic N) is 3. The fourth-order valence-electron chi connectivity index (χ4n) is 2.24. The molecule has 1 unspecified atom stereocenters. The van der Waals surface area contributed by atoms with Gasteiger partial charge in [0.15, 0.2) is 0 Å². The summed E-state index contributed by atoms with van der Waals surface area (Å²) in [5, 5.41) is 12.3. The van der Waals surface area contributed by atoms with E-state index < -0.39 is 0 Å². The highest BCUT2D eigenvalue weighted by Gasteiger charge is 2.18. The second-order valence-electron chi connectivity index (χ2n) is 4.64. The molecule has 2 heterocycles.